The molecule has 0 radical (unpaired) electrons. The Morgan fingerprint density at radius 3 is 2.86 bits per heavy atom. The second kappa shape index (κ2) is 2.84. The molecule has 0 spiro atoms. The number of anilines is 2. The van der Waals surface area contributed by atoms with E-state index in [1.807, 2.05) is 18.3 Å². The summed E-state index contributed by atoms with van der Waals surface area (Å²) in [4.78, 5) is 4.31. The van der Waals surface area contributed by atoms with E-state index in [1.54, 1.807) is 0 Å². The molecule has 1 aliphatic heterocycles. The molecule has 2 heteroatoms. The smallest absolute Gasteiger partial charge is 0.133 e. The molecule has 14 heavy (non-hydrogen) atoms. The highest BCUT2D eigenvalue weighted by Crippen LogP contribution is 2.30. The van der Waals surface area contributed by atoms with Crippen molar-refractivity contribution in [3.05, 3.63) is 53.7 Å². The van der Waals surface area contributed by atoms with E-state index in [9.17, 15) is 0 Å². The molecule has 0 unspecified atom stereocenters. The van der Waals surface area contributed by atoms with Gasteiger partial charge in [0, 0.05) is 18.3 Å². The summed E-state index contributed by atoms with van der Waals surface area (Å²) >= 11 is 0. The lowest BCUT2D eigenvalue weighted by molar-refractivity contribution is 1.11. The van der Waals surface area contributed by atoms with Crippen molar-refractivity contribution in [3.63, 3.8) is 0 Å². The fourth-order valence-corrected chi connectivity index (χ4v) is 1.82. The van der Waals surface area contributed by atoms with E-state index < -0.39 is 0 Å². The fourth-order valence-electron chi connectivity index (χ4n) is 1.82. The van der Waals surface area contributed by atoms with Crippen molar-refractivity contribution in [2.24, 2.45) is 0 Å². The number of pyridine rings is 1. The van der Waals surface area contributed by atoms with Gasteiger partial charge in [-0.25, -0.2) is 4.98 Å². The topological polar surface area (TPSA) is 24.9 Å². The molecule has 0 fully saturated rings. The Hall–Kier alpha value is -1.83. The normalized spacial score (nSPS) is 12.6. The van der Waals surface area contributed by atoms with E-state index in [1.165, 1.54) is 16.8 Å². The lowest BCUT2D eigenvalue weighted by atomic mass is 10.0. The largest absolute Gasteiger partial charge is 0.340 e. The first-order valence-corrected chi connectivity index (χ1v) is 4.72. The molecule has 0 saturated heterocycles. The SMILES string of the molecule is c1ccc2c(c1)Cc1cccnc1N2. The zero-order chi connectivity index (χ0) is 9.38. The molecule has 0 amide bonds. The van der Waals surface area contributed by atoms with Gasteiger partial charge in [0.05, 0.1) is 0 Å². The van der Waals surface area contributed by atoms with Crippen LogP contribution in [0.15, 0.2) is 42.6 Å². The molecule has 3 rings (SSSR count). The number of para-hydroxylation sites is 1. The number of fused-ring (bicyclic) bond motifs is 2. The minimum absolute atomic E-state index is 0.979. The van der Waals surface area contributed by atoms with Gasteiger partial charge in [-0.3, -0.25) is 0 Å². The number of hydrogen-bond acceptors (Lipinski definition) is 2. The van der Waals surface area contributed by atoms with Gasteiger partial charge in [0.2, 0.25) is 0 Å². The zero-order valence-electron chi connectivity index (χ0n) is 7.70. The number of hydrogen-bond donors (Lipinski definition) is 1. The van der Waals surface area contributed by atoms with Crippen LogP contribution >= 0.6 is 0 Å². The molecule has 0 aliphatic carbocycles. The van der Waals surface area contributed by atoms with Gasteiger partial charge in [0.1, 0.15) is 5.82 Å². The third-order valence-electron chi connectivity index (χ3n) is 2.54. The summed E-state index contributed by atoms with van der Waals surface area (Å²) in [5, 5.41) is 3.33. The average Bonchev–Trinajstić information content (AvgIpc) is 2.26. The van der Waals surface area contributed by atoms with Gasteiger partial charge in [-0.1, -0.05) is 24.3 Å². The standard InChI is InChI=1S/C12H10N2/c1-2-6-11-9(4-1)8-10-5-3-7-13-12(10)14-11/h1-7H,8H2,(H,13,14). The maximum absolute atomic E-state index is 4.31. The quantitative estimate of drug-likeness (QED) is 0.578. The number of rotatable bonds is 0. The van der Waals surface area contributed by atoms with Crippen molar-refractivity contribution >= 4 is 11.5 Å². The predicted molar refractivity (Wildman–Crippen MR) is 56.8 cm³/mol. The second-order valence-electron chi connectivity index (χ2n) is 3.47. The molecular weight excluding hydrogens is 172 g/mol. The minimum atomic E-state index is 0.979. The van der Waals surface area contributed by atoms with Gasteiger partial charge in [-0.2, -0.15) is 0 Å². The van der Waals surface area contributed by atoms with Crippen molar-refractivity contribution in [3.8, 4) is 0 Å². The highest BCUT2D eigenvalue weighted by atomic mass is 15.0. The van der Waals surface area contributed by atoms with Gasteiger partial charge in [0.25, 0.3) is 0 Å². The number of nitrogens with one attached hydrogen (secondary N) is 1. The van der Waals surface area contributed by atoms with E-state index >= 15 is 0 Å². The molecule has 0 atom stereocenters. The summed E-state index contributed by atoms with van der Waals surface area (Å²) in [5.41, 5.74) is 3.79. The molecule has 1 aliphatic rings. The van der Waals surface area contributed by atoms with Crippen LogP contribution in [0, 0.1) is 0 Å². The average molecular weight is 182 g/mol. The van der Waals surface area contributed by atoms with Crippen molar-refractivity contribution in [1.82, 2.24) is 4.98 Å². The second-order valence-corrected chi connectivity index (χ2v) is 3.47. The number of nitrogens with zero attached hydrogens (tertiary/aromatic N) is 1. The van der Waals surface area contributed by atoms with Crippen LogP contribution in [0.5, 0.6) is 0 Å². The highest BCUT2D eigenvalue weighted by Gasteiger charge is 2.13. The van der Waals surface area contributed by atoms with Crippen LogP contribution in [0.2, 0.25) is 0 Å². The minimum Gasteiger partial charge on any atom is -0.340 e. The first-order chi connectivity index (χ1) is 6.93. The summed E-state index contributed by atoms with van der Waals surface area (Å²) in [5.74, 6) is 0.992. The van der Waals surface area contributed by atoms with Crippen LogP contribution in [-0.4, -0.2) is 4.98 Å². The Kier molecular flexibility index (Phi) is 1.53. The fraction of sp³-hybridized carbons (Fsp3) is 0.0833. The Balaban J connectivity index is 2.12. The Morgan fingerprint density at radius 1 is 1.00 bits per heavy atom. The summed E-state index contributed by atoms with van der Waals surface area (Å²) in [6.07, 6.45) is 2.80. The molecule has 0 saturated carbocycles. The van der Waals surface area contributed by atoms with Crippen LogP contribution in [0.4, 0.5) is 11.5 Å². The van der Waals surface area contributed by atoms with E-state index in [0.29, 0.717) is 0 Å². The monoisotopic (exact) mass is 182 g/mol. The lowest BCUT2D eigenvalue weighted by Gasteiger charge is -2.19. The summed E-state index contributed by atoms with van der Waals surface area (Å²) < 4.78 is 0. The Labute approximate surface area is 82.6 Å². The maximum Gasteiger partial charge on any atom is 0.133 e. The zero-order valence-corrected chi connectivity index (χ0v) is 7.70. The van der Waals surface area contributed by atoms with Crippen molar-refractivity contribution in [1.29, 1.82) is 0 Å². The van der Waals surface area contributed by atoms with Crippen molar-refractivity contribution < 1.29 is 0 Å². The summed E-state index contributed by atoms with van der Waals surface area (Å²) in [6, 6.07) is 12.5. The molecule has 1 N–H and O–H groups in total. The van der Waals surface area contributed by atoms with E-state index in [2.05, 4.69) is 34.6 Å². The molecule has 2 aromatic rings. The summed E-state index contributed by atoms with van der Waals surface area (Å²) in [6.45, 7) is 0. The van der Waals surface area contributed by atoms with E-state index in [4.69, 9.17) is 0 Å². The molecular formula is C12H10N2. The number of benzene rings is 1. The van der Waals surface area contributed by atoms with Crippen LogP contribution in [-0.2, 0) is 6.42 Å². The third-order valence-corrected chi connectivity index (χ3v) is 2.54. The van der Waals surface area contributed by atoms with Crippen LogP contribution < -0.4 is 5.32 Å². The molecule has 1 aromatic heterocycles. The maximum atomic E-state index is 4.31. The Bertz CT molecular complexity index is 390. The molecule has 0 bridgehead atoms. The Morgan fingerprint density at radius 2 is 1.86 bits per heavy atom. The van der Waals surface area contributed by atoms with Crippen molar-refractivity contribution in [2.45, 2.75) is 6.42 Å². The predicted octanol–water partition coefficient (Wildman–Crippen LogP) is 2.73. The first kappa shape index (κ1) is 7.56. The van der Waals surface area contributed by atoms with Gasteiger partial charge in [0.15, 0.2) is 0 Å². The van der Waals surface area contributed by atoms with Gasteiger partial charge >= 0.3 is 0 Å². The van der Waals surface area contributed by atoms with Crippen molar-refractivity contribution in [2.75, 3.05) is 5.32 Å². The van der Waals surface area contributed by atoms with E-state index in [-0.39, 0.29) is 0 Å². The van der Waals surface area contributed by atoms with Gasteiger partial charge in [-0.15, -0.1) is 0 Å². The van der Waals surface area contributed by atoms with Gasteiger partial charge in [-0.05, 0) is 23.3 Å². The van der Waals surface area contributed by atoms with E-state index in [0.717, 1.165) is 12.2 Å². The van der Waals surface area contributed by atoms with Crippen LogP contribution in [0.3, 0.4) is 0 Å². The highest BCUT2D eigenvalue weighted by molar-refractivity contribution is 5.68. The third kappa shape index (κ3) is 1.08. The molecule has 1 aromatic carbocycles. The van der Waals surface area contributed by atoms with Crippen LogP contribution in [0.25, 0.3) is 0 Å². The summed E-state index contributed by atoms with van der Waals surface area (Å²) in [7, 11) is 0. The molecule has 2 heterocycles. The van der Waals surface area contributed by atoms with Crippen LogP contribution in [0.1, 0.15) is 11.1 Å². The number of aromatic nitrogens is 1. The van der Waals surface area contributed by atoms with Gasteiger partial charge < -0.3 is 5.32 Å². The molecule has 2 nitrogen and oxygen atoms in total. The first-order valence-electron chi connectivity index (χ1n) is 4.72. The molecule has 68 valence electrons. The lowest BCUT2D eigenvalue weighted by Crippen LogP contribution is -2.07.